The van der Waals surface area contributed by atoms with E-state index in [1.165, 1.54) is 0 Å². The summed E-state index contributed by atoms with van der Waals surface area (Å²) in [6.45, 7) is 7.26. The van der Waals surface area contributed by atoms with Crippen molar-refractivity contribution >= 4 is 0 Å². The summed E-state index contributed by atoms with van der Waals surface area (Å²) < 4.78 is 15.3. The zero-order chi connectivity index (χ0) is 31.8. The Morgan fingerprint density at radius 2 is 1.35 bits per heavy atom. The number of hydrogen-bond acceptors (Lipinski definition) is 7. The molecule has 0 aliphatic heterocycles. The van der Waals surface area contributed by atoms with E-state index in [4.69, 9.17) is 19.6 Å². The molecule has 4 aromatic carbocycles. The number of rotatable bonds is 14. The lowest BCUT2D eigenvalue weighted by Crippen LogP contribution is -2.40. The number of para-hydroxylation sites is 2. The van der Waals surface area contributed by atoms with Crippen LogP contribution in [0.2, 0.25) is 0 Å². The van der Waals surface area contributed by atoms with Crippen LogP contribution < -0.4 is 9.47 Å². The Kier molecular flexibility index (Phi) is 9.48. The van der Waals surface area contributed by atoms with Gasteiger partial charge in [-0.2, -0.15) is 5.21 Å². The maximum atomic E-state index is 6.65. The Labute approximate surface area is 269 Å². The molecule has 9 nitrogen and oxygen atoms in total. The molecule has 2 heterocycles. The van der Waals surface area contributed by atoms with Crippen molar-refractivity contribution in [2.75, 3.05) is 0 Å². The second kappa shape index (κ2) is 14.2. The molecule has 1 N–H and O–H groups in total. The molecule has 0 saturated heterocycles. The van der Waals surface area contributed by atoms with Crippen LogP contribution in [0.4, 0.5) is 0 Å². The topological polar surface area (TPSA) is 104 Å². The van der Waals surface area contributed by atoms with Gasteiger partial charge in [-0.15, -0.1) is 15.3 Å². The van der Waals surface area contributed by atoms with E-state index < -0.39 is 5.79 Å². The van der Waals surface area contributed by atoms with Crippen LogP contribution in [0.1, 0.15) is 57.2 Å². The van der Waals surface area contributed by atoms with E-state index in [1.807, 2.05) is 85.8 Å². The summed E-state index contributed by atoms with van der Waals surface area (Å²) in [7, 11) is 0. The van der Waals surface area contributed by atoms with Gasteiger partial charge in [-0.3, -0.25) is 0 Å². The Morgan fingerprint density at radius 3 is 1.91 bits per heavy atom. The van der Waals surface area contributed by atoms with Crippen LogP contribution in [0, 0.1) is 5.92 Å². The highest BCUT2D eigenvalue weighted by atomic mass is 16.7. The number of nitrogens with zero attached hydrogens (tertiary/aromatic N) is 6. The van der Waals surface area contributed by atoms with E-state index in [-0.39, 0.29) is 0 Å². The summed E-state index contributed by atoms with van der Waals surface area (Å²) in [6.07, 6.45) is 3.22. The molecule has 6 aromatic rings. The lowest BCUT2D eigenvalue weighted by molar-refractivity contribution is -0.131. The van der Waals surface area contributed by atoms with E-state index >= 15 is 0 Å². The van der Waals surface area contributed by atoms with Crippen LogP contribution in [-0.2, 0) is 18.8 Å². The van der Waals surface area contributed by atoms with Crippen molar-refractivity contribution in [1.29, 1.82) is 0 Å². The van der Waals surface area contributed by atoms with Crippen molar-refractivity contribution in [3.05, 3.63) is 126 Å². The van der Waals surface area contributed by atoms with E-state index in [9.17, 15) is 0 Å². The largest absolute Gasteiger partial charge is 0.445 e. The Bertz CT molecular complexity index is 1760. The van der Waals surface area contributed by atoms with Crippen LogP contribution >= 0.6 is 0 Å². The molecule has 9 heteroatoms. The Balaban J connectivity index is 1.36. The van der Waals surface area contributed by atoms with Gasteiger partial charge in [-0.25, -0.2) is 9.67 Å². The predicted molar refractivity (Wildman–Crippen MR) is 178 cm³/mol. The molecule has 6 rings (SSSR count). The second-order valence-electron chi connectivity index (χ2n) is 11.3. The molecule has 0 amide bonds. The minimum atomic E-state index is -1.22. The van der Waals surface area contributed by atoms with Gasteiger partial charge in [0.2, 0.25) is 11.6 Å². The zero-order valence-electron chi connectivity index (χ0n) is 26.5. The third kappa shape index (κ3) is 6.83. The zero-order valence-corrected chi connectivity index (χ0v) is 26.5. The fraction of sp³-hybridized carbons (Fsp3) is 0.270. The molecule has 0 atom stereocenters. The van der Waals surface area contributed by atoms with Crippen molar-refractivity contribution in [3.63, 3.8) is 0 Å². The molecular weight excluding hydrogens is 574 g/mol. The number of aromatic nitrogens is 7. The van der Waals surface area contributed by atoms with Gasteiger partial charge >= 0.3 is 5.79 Å². The predicted octanol–water partition coefficient (Wildman–Crippen LogP) is 7.87. The highest BCUT2D eigenvalue weighted by Crippen LogP contribution is 2.34. The monoisotopic (exact) mass is 613 g/mol. The Hall–Kier alpha value is -5.31. The van der Waals surface area contributed by atoms with Crippen molar-refractivity contribution in [3.8, 4) is 34.0 Å². The van der Waals surface area contributed by atoms with Crippen molar-refractivity contribution in [2.24, 2.45) is 5.92 Å². The number of nitrogens with one attached hydrogen (secondary N) is 1. The molecule has 0 unspecified atom stereocenters. The SMILES string of the molecule is CCC(CC)Cn1nc(C(CC)(Oc2ccccc2)Oc2ccccc2)nc1Cc1ccc(-c2ccccc2-c2nn[nH]n2)cc1. The number of tetrazole rings is 1. The first-order valence-corrected chi connectivity index (χ1v) is 15.9. The number of aromatic amines is 1. The summed E-state index contributed by atoms with van der Waals surface area (Å²) in [5.74, 6) is 2.57. The lowest BCUT2D eigenvalue weighted by Gasteiger charge is -2.31. The molecule has 0 fully saturated rings. The fourth-order valence-electron chi connectivity index (χ4n) is 5.57. The van der Waals surface area contributed by atoms with Gasteiger partial charge in [0.15, 0.2) is 0 Å². The first-order valence-electron chi connectivity index (χ1n) is 15.9. The van der Waals surface area contributed by atoms with E-state index in [0.717, 1.165) is 47.5 Å². The molecule has 0 radical (unpaired) electrons. The van der Waals surface area contributed by atoms with Crippen LogP contribution in [-0.4, -0.2) is 35.4 Å². The Morgan fingerprint density at radius 1 is 0.739 bits per heavy atom. The highest BCUT2D eigenvalue weighted by molar-refractivity contribution is 5.80. The minimum absolute atomic E-state index is 0.471. The van der Waals surface area contributed by atoms with Crippen LogP contribution in [0.5, 0.6) is 11.5 Å². The van der Waals surface area contributed by atoms with Crippen LogP contribution in [0.25, 0.3) is 22.5 Å². The molecule has 0 bridgehead atoms. The fourth-order valence-corrected chi connectivity index (χ4v) is 5.57. The maximum Gasteiger partial charge on any atom is 0.314 e. The molecule has 0 aliphatic rings. The summed E-state index contributed by atoms with van der Waals surface area (Å²) in [5.41, 5.74) is 4.16. The maximum absolute atomic E-state index is 6.65. The summed E-state index contributed by atoms with van der Waals surface area (Å²) in [6, 6.07) is 36.1. The van der Waals surface area contributed by atoms with E-state index in [2.05, 4.69) is 69.5 Å². The van der Waals surface area contributed by atoms with Crippen LogP contribution in [0.3, 0.4) is 0 Å². The molecule has 0 aliphatic carbocycles. The van der Waals surface area contributed by atoms with Gasteiger partial charge in [0.25, 0.3) is 0 Å². The lowest BCUT2D eigenvalue weighted by atomic mass is 9.97. The molecule has 2 aromatic heterocycles. The normalized spacial score (nSPS) is 11.6. The number of ether oxygens (including phenoxy) is 2. The van der Waals surface area contributed by atoms with Crippen molar-refractivity contribution in [2.45, 2.75) is 58.8 Å². The quantitative estimate of drug-likeness (QED) is 0.125. The molecule has 234 valence electrons. The average molecular weight is 614 g/mol. The number of hydrogen-bond donors (Lipinski definition) is 1. The third-order valence-electron chi connectivity index (χ3n) is 8.33. The number of H-pyrrole nitrogens is 1. The standard InChI is InChI=1S/C37H39N7O2/c1-4-27(5-2)26-44-34(25-28-21-23-29(24-22-28)32-19-13-14-20-33(32)35-39-42-43-40-35)38-36(41-44)37(6-3,45-30-15-9-7-10-16-30)46-31-17-11-8-12-18-31/h7-24,27H,4-6,25-26H2,1-3H3,(H,39,40,42,43). The van der Waals surface area contributed by atoms with E-state index in [0.29, 0.717) is 41.9 Å². The second-order valence-corrected chi connectivity index (χ2v) is 11.3. The summed E-state index contributed by atoms with van der Waals surface area (Å²) in [4.78, 5) is 5.17. The summed E-state index contributed by atoms with van der Waals surface area (Å²) in [5, 5.41) is 19.8. The first kappa shape index (κ1) is 30.7. The van der Waals surface area contributed by atoms with Crippen molar-refractivity contribution in [1.82, 2.24) is 35.4 Å². The highest BCUT2D eigenvalue weighted by Gasteiger charge is 2.41. The third-order valence-corrected chi connectivity index (χ3v) is 8.33. The van der Waals surface area contributed by atoms with Gasteiger partial charge in [0.05, 0.1) is 0 Å². The first-order chi connectivity index (χ1) is 22.6. The summed E-state index contributed by atoms with van der Waals surface area (Å²) >= 11 is 0. The van der Waals surface area contributed by atoms with Crippen molar-refractivity contribution < 1.29 is 9.47 Å². The van der Waals surface area contributed by atoms with Crippen LogP contribution in [0.15, 0.2) is 109 Å². The molecule has 0 spiro atoms. The molecule has 0 saturated carbocycles. The number of benzene rings is 4. The van der Waals surface area contributed by atoms with Gasteiger partial charge in [-0.1, -0.05) is 119 Å². The smallest absolute Gasteiger partial charge is 0.314 e. The van der Waals surface area contributed by atoms with Gasteiger partial charge in [-0.05, 0) is 52.1 Å². The van der Waals surface area contributed by atoms with Gasteiger partial charge in [0, 0.05) is 24.9 Å². The average Bonchev–Trinajstić information content (AvgIpc) is 3.79. The van der Waals surface area contributed by atoms with E-state index in [1.54, 1.807) is 0 Å². The molecule has 46 heavy (non-hydrogen) atoms. The van der Waals surface area contributed by atoms with Gasteiger partial charge in [0.1, 0.15) is 17.3 Å². The van der Waals surface area contributed by atoms with Gasteiger partial charge < -0.3 is 9.47 Å². The molecular formula is C37H39N7O2. The minimum Gasteiger partial charge on any atom is -0.445 e.